The van der Waals surface area contributed by atoms with Crippen LogP contribution in [-0.2, 0) is 14.2 Å². The van der Waals surface area contributed by atoms with Crippen molar-refractivity contribution in [3.63, 3.8) is 0 Å². The van der Waals surface area contributed by atoms with Crippen LogP contribution in [0.1, 0.15) is 72.6 Å². The van der Waals surface area contributed by atoms with E-state index in [2.05, 4.69) is 58.6 Å². The quantitative estimate of drug-likeness (QED) is 0.370. The van der Waals surface area contributed by atoms with Crippen LogP contribution >= 0.6 is 0 Å². The van der Waals surface area contributed by atoms with Crippen molar-refractivity contribution in [1.82, 2.24) is 0 Å². The number of hydrogen-bond acceptors (Lipinski definition) is 4. The fourth-order valence-electron chi connectivity index (χ4n) is 7.20. The lowest BCUT2D eigenvalue weighted by Gasteiger charge is -2.44. The van der Waals surface area contributed by atoms with Crippen LogP contribution in [0.4, 0.5) is 0 Å². The van der Waals surface area contributed by atoms with Crippen LogP contribution in [0.25, 0.3) is 0 Å². The molecule has 0 saturated heterocycles. The van der Waals surface area contributed by atoms with E-state index in [0.29, 0.717) is 23.2 Å². The Kier molecular flexibility index (Phi) is 9.64. The van der Waals surface area contributed by atoms with Crippen molar-refractivity contribution in [2.75, 3.05) is 27.9 Å². The Morgan fingerprint density at radius 2 is 1.89 bits per heavy atom. The first kappa shape index (κ1) is 28.4. The summed E-state index contributed by atoms with van der Waals surface area (Å²) in [7, 11) is 5.26. The molecule has 3 rings (SSSR count). The van der Waals surface area contributed by atoms with Gasteiger partial charge in [-0.3, -0.25) is 0 Å². The number of ether oxygens (including phenoxy) is 3. The zero-order chi connectivity index (χ0) is 25.8. The maximum atomic E-state index is 9.82. The predicted molar refractivity (Wildman–Crippen MR) is 144 cm³/mol. The fraction of sp³-hybridized carbons (Fsp3) is 0.742. The molecule has 3 fully saturated rings. The average Bonchev–Trinajstić information content (AvgIpc) is 3.20. The number of aliphatic hydroxyl groups is 1. The Bertz CT molecular complexity index is 804. The van der Waals surface area contributed by atoms with Crippen molar-refractivity contribution in [3.8, 4) is 0 Å². The van der Waals surface area contributed by atoms with E-state index >= 15 is 0 Å². The van der Waals surface area contributed by atoms with Crippen molar-refractivity contribution in [1.29, 1.82) is 0 Å². The first-order valence-electron chi connectivity index (χ1n) is 13.6. The summed E-state index contributed by atoms with van der Waals surface area (Å²) in [6.45, 7) is 13.4. The summed E-state index contributed by atoms with van der Waals surface area (Å²) < 4.78 is 17.1. The molecule has 0 aromatic carbocycles. The first-order chi connectivity index (χ1) is 16.6. The van der Waals surface area contributed by atoms with Crippen LogP contribution < -0.4 is 0 Å². The lowest BCUT2D eigenvalue weighted by Crippen LogP contribution is -2.38. The van der Waals surface area contributed by atoms with Crippen LogP contribution in [0.5, 0.6) is 0 Å². The van der Waals surface area contributed by atoms with Gasteiger partial charge in [-0.15, -0.1) is 0 Å². The molecule has 4 heteroatoms. The van der Waals surface area contributed by atoms with Crippen LogP contribution in [0, 0.1) is 29.1 Å². The largest absolute Gasteiger partial charge is 0.396 e. The van der Waals surface area contributed by atoms with E-state index in [1.165, 1.54) is 37.7 Å². The number of hydrogen-bond donors (Lipinski definition) is 1. The molecule has 35 heavy (non-hydrogen) atoms. The second-order valence-corrected chi connectivity index (χ2v) is 12.0. The molecule has 1 unspecified atom stereocenters. The van der Waals surface area contributed by atoms with Gasteiger partial charge in [-0.1, -0.05) is 55.9 Å². The van der Waals surface area contributed by atoms with Crippen LogP contribution in [0.15, 0.2) is 47.6 Å². The monoisotopic (exact) mass is 486 g/mol. The molecular weight excluding hydrogens is 436 g/mol. The lowest BCUT2D eigenvalue weighted by molar-refractivity contribution is -0.0731. The Balaban J connectivity index is 1.75. The highest BCUT2D eigenvalue weighted by Crippen LogP contribution is 2.59. The molecule has 3 saturated carbocycles. The highest BCUT2D eigenvalue weighted by molar-refractivity contribution is 5.29. The molecule has 3 aliphatic rings. The Morgan fingerprint density at radius 3 is 2.51 bits per heavy atom. The van der Waals surface area contributed by atoms with Gasteiger partial charge in [0.25, 0.3) is 0 Å². The van der Waals surface area contributed by atoms with Crippen molar-refractivity contribution < 1.29 is 19.3 Å². The van der Waals surface area contributed by atoms with Gasteiger partial charge in [-0.05, 0) is 87.5 Å². The molecule has 198 valence electrons. The van der Waals surface area contributed by atoms with Crippen LogP contribution in [-0.4, -0.2) is 50.9 Å². The third-order valence-corrected chi connectivity index (χ3v) is 9.66. The van der Waals surface area contributed by atoms with Crippen LogP contribution in [0.2, 0.25) is 0 Å². The zero-order valence-electron chi connectivity index (χ0n) is 23.3. The Labute approximate surface area is 214 Å². The molecular formula is C31H50O4. The highest BCUT2D eigenvalue weighted by atomic mass is 16.5. The molecule has 0 amide bonds. The highest BCUT2D eigenvalue weighted by Gasteiger charge is 2.50. The number of allylic oxidation sites excluding steroid dienone is 4. The van der Waals surface area contributed by atoms with Gasteiger partial charge in [0.05, 0.1) is 11.7 Å². The molecule has 1 N–H and O–H groups in total. The molecule has 0 bridgehead atoms. The second-order valence-electron chi connectivity index (χ2n) is 12.0. The maximum Gasteiger partial charge on any atom is 0.104 e. The van der Waals surface area contributed by atoms with Gasteiger partial charge >= 0.3 is 0 Å². The number of rotatable bonds is 9. The van der Waals surface area contributed by atoms with Gasteiger partial charge in [-0.2, -0.15) is 0 Å². The molecule has 0 radical (unpaired) electrons. The zero-order valence-corrected chi connectivity index (χ0v) is 23.3. The summed E-state index contributed by atoms with van der Waals surface area (Å²) in [5, 5.41) is 9.82. The second kappa shape index (κ2) is 11.9. The third-order valence-electron chi connectivity index (χ3n) is 9.66. The molecule has 0 aromatic heterocycles. The summed E-state index contributed by atoms with van der Waals surface area (Å²) in [6, 6.07) is 0. The lowest BCUT2D eigenvalue weighted by atomic mass is 9.61. The summed E-state index contributed by atoms with van der Waals surface area (Å²) >= 11 is 0. The number of methoxy groups -OCH3 is 3. The molecule has 7 atom stereocenters. The maximum absolute atomic E-state index is 9.82. The van der Waals surface area contributed by atoms with Crippen molar-refractivity contribution >= 4 is 0 Å². The molecule has 3 aliphatic carbocycles. The van der Waals surface area contributed by atoms with E-state index in [-0.39, 0.29) is 30.3 Å². The number of fused-ring (bicyclic) bond motifs is 1. The normalized spacial score (nSPS) is 36.2. The smallest absolute Gasteiger partial charge is 0.104 e. The van der Waals surface area contributed by atoms with Crippen LogP contribution in [0.3, 0.4) is 0 Å². The first-order valence-corrected chi connectivity index (χ1v) is 13.6. The standard InChI is InChI=1S/C31H50O4/c1-21(11-16-29(34-7)30(3,4)35-8)26-14-15-27-24(10-9-17-31(26,27)5)13-12-23-18-25(20-32)22(2)28(19-23)33-6/h11-13,16,21,25-29,32H,2,9-10,14-15,17-20H2,1,3-8H3/b16-11+,23-12-,24-13+/t21-,25+,26-,27+,28-,29?,31-/m1/s1. The Morgan fingerprint density at radius 1 is 1.14 bits per heavy atom. The topological polar surface area (TPSA) is 47.9 Å². The molecule has 0 heterocycles. The average molecular weight is 487 g/mol. The van der Waals surface area contributed by atoms with Crippen molar-refractivity contribution in [2.24, 2.45) is 29.1 Å². The van der Waals surface area contributed by atoms with E-state index in [1.807, 2.05) is 0 Å². The number of aliphatic hydroxyl groups excluding tert-OH is 1. The molecule has 4 nitrogen and oxygen atoms in total. The summed E-state index contributed by atoms with van der Waals surface area (Å²) in [5.74, 6) is 1.95. The molecule has 0 spiro atoms. The molecule has 0 aromatic rings. The van der Waals surface area contributed by atoms with E-state index in [4.69, 9.17) is 14.2 Å². The third kappa shape index (κ3) is 6.04. The fourth-order valence-corrected chi connectivity index (χ4v) is 7.20. The minimum atomic E-state index is -0.344. The predicted octanol–water partition coefficient (Wildman–Crippen LogP) is 6.66. The van der Waals surface area contributed by atoms with E-state index in [1.54, 1.807) is 26.9 Å². The molecule has 0 aliphatic heterocycles. The van der Waals surface area contributed by atoms with E-state index < -0.39 is 0 Å². The van der Waals surface area contributed by atoms with Crippen molar-refractivity contribution in [2.45, 2.75) is 90.4 Å². The van der Waals surface area contributed by atoms with Gasteiger partial charge in [0.15, 0.2) is 0 Å². The van der Waals surface area contributed by atoms with Gasteiger partial charge in [0.2, 0.25) is 0 Å². The van der Waals surface area contributed by atoms with Gasteiger partial charge in [0.1, 0.15) is 6.10 Å². The summed E-state index contributed by atoms with van der Waals surface area (Å²) in [5.41, 5.74) is 4.04. The SMILES string of the molecule is C=C1[C@H](CO)C/C(=C/C=C2\CCC[C@]3(C)[C@@H]([C@H](C)/C=C/C(OC)C(C)(C)OC)CC[C@@H]23)C[C@H]1OC. The van der Waals surface area contributed by atoms with Gasteiger partial charge < -0.3 is 19.3 Å². The van der Waals surface area contributed by atoms with Gasteiger partial charge in [0, 0.05) is 33.9 Å². The minimum Gasteiger partial charge on any atom is -0.396 e. The summed E-state index contributed by atoms with van der Waals surface area (Å²) in [4.78, 5) is 0. The van der Waals surface area contributed by atoms with E-state index in [0.717, 1.165) is 18.4 Å². The van der Waals surface area contributed by atoms with Crippen molar-refractivity contribution in [3.05, 3.63) is 47.6 Å². The Hall–Kier alpha value is -1.20. The minimum absolute atomic E-state index is 0.0182. The van der Waals surface area contributed by atoms with E-state index in [9.17, 15) is 5.11 Å². The summed E-state index contributed by atoms with van der Waals surface area (Å²) in [6.07, 6.45) is 17.5. The van der Waals surface area contributed by atoms with Gasteiger partial charge in [-0.25, -0.2) is 0 Å².